The number of aliphatic hydroxyl groups excluding tert-OH is 1. The molecular formula is C17H19NO5S2. The fourth-order valence-electron chi connectivity index (χ4n) is 1.93. The Labute approximate surface area is 156 Å². The van der Waals surface area contributed by atoms with E-state index in [0.29, 0.717) is 33.6 Å². The van der Waals surface area contributed by atoms with Crippen LogP contribution in [-0.4, -0.2) is 53.9 Å². The molecular weight excluding hydrogens is 362 g/mol. The standard InChI is InChI=1S/C16H15NO4S2.CH4O/c1-3-8-21-12-5-4-11(9-13(12)20-2)10-14-15(19)17(6-7-18)16(22)23-14;1-2/h3-5,7,9-10H,1,6,8H2,2H3;2H,1H3/b14-10-;. The molecule has 0 atom stereocenters. The van der Waals surface area contributed by atoms with Gasteiger partial charge in [0, 0.05) is 7.11 Å². The normalized spacial score (nSPS) is 14.8. The average molecular weight is 381 g/mol. The summed E-state index contributed by atoms with van der Waals surface area (Å²) in [5.74, 6) is 0.889. The van der Waals surface area contributed by atoms with Crippen molar-refractivity contribution in [1.82, 2.24) is 4.90 Å². The lowest BCUT2D eigenvalue weighted by Crippen LogP contribution is -2.29. The lowest BCUT2D eigenvalue weighted by atomic mass is 10.2. The first-order valence-corrected chi connectivity index (χ1v) is 8.38. The van der Waals surface area contributed by atoms with E-state index < -0.39 is 0 Å². The first-order valence-electron chi connectivity index (χ1n) is 7.16. The van der Waals surface area contributed by atoms with E-state index in [4.69, 9.17) is 26.8 Å². The molecule has 1 saturated heterocycles. The molecule has 25 heavy (non-hydrogen) atoms. The van der Waals surface area contributed by atoms with Gasteiger partial charge in [0.05, 0.1) is 18.6 Å². The highest BCUT2D eigenvalue weighted by Gasteiger charge is 2.31. The van der Waals surface area contributed by atoms with Crippen LogP contribution in [0, 0.1) is 0 Å². The fraction of sp³-hybridized carbons (Fsp3) is 0.235. The van der Waals surface area contributed by atoms with Gasteiger partial charge >= 0.3 is 0 Å². The molecule has 1 heterocycles. The van der Waals surface area contributed by atoms with E-state index in [1.54, 1.807) is 31.4 Å². The van der Waals surface area contributed by atoms with Crippen LogP contribution >= 0.6 is 24.0 Å². The van der Waals surface area contributed by atoms with Crippen LogP contribution < -0.4 is 9.47 Å². The summed E-state index contributed by atoms with van der Waals surface area (Å²) in [6.45, 7) is 3.94. The molecule has 0 saturated carbocycles. The summed E-state index contributed by atoms with van der Waals surface area (Å²) in [7, 11) is 2.55. The number of hydrogen-bond donors (Lipinski definition) is 1. The molecule has 6 nitrogen and oxygen atoms in total. The average Bonchev–Trinajstić information content (AvgIpc) is 2.90. The van der Waals surface area contributed by atoms with Crippen LogP contribution in [0.25, 0.3) is 6.08 Å². The predicted molar refractivity (Wildman–Crippen MR) is 103 cm³/mol. The number of rotatable bonds is 7. The zero-order valence-corrected chi connectivity index (χ0v) is 15.6. The van der Waals surface area contributed by atoms with Crippen molar-refractivity contribution < 1.29 is 24.2 Å². The summed E-state index contributed by atoms with van der Waals surface area (Å²) < 4.78 is 11.2. The van der Waals surface area contributed by atoms with Crippen molar-refractivity contribution in [3.05, 3.63) is 41.3 Å². The molecule has 0 unspecified atom stereocenters. The number of carbonyl (C=O) groups excluding carboxylic acids is 2. The van der Waals surface area contributed by atoms with Crippen molar-refractivity contribution in [3.63, 3.8) is 0 Å². The molecule has 8 heteroatoms. The maximum atomic E-state index is 12.2. The fourth-order valence-corrected chi connectivity index (χ4v) is 3.20. The number of hydrogen-bond acceptors (Lipinski definition) is 7. The topological polar surface area (TPSA) is 76.1 Å². The number of amides is 1. The van der Waals surface area contributed by atoms with Crippen LogP contribution in [0.1, 0.15) is 5.56 Å². The van der Waals surface area contributed by atoms with Gasteiger partial charge < -0.3 is 19.4 Å². The van der Waals surface area contributed by atoms with Gasteiger partial charge in [-0.25, -0.2) is 0 Å². The third-order valence-electron chi connectivity index (χ3n) is 2.97. The van der Waals surface area contributed by atoms with Crippen LogP contribution in [0.15, 0.2) is 35.8 Å². The Bertz CT molecular complexity index is 688. The first kappa shape index (κ1) is 20.9. The number of nitrogens with zero attached hydrogens (tertiary/aromatic N) is 1. The predicted octanol–water partition coefficient (Wildman–Crippen LogP) is 2.27. The highest BCUT2D eigenvalue weighted by atomic mass is 32.2. The number of benzene rings is 1. The van der Waals surface area contributed by atoms with Gasteiger partial charge in [0.15, 0.2) is 11.5 Å². The molecule has 1 amide bonds. The van der Waals surface area contributed by atoms with E-state index in [1.165, 1.54) is 16.7 Å². The number of ether oxygens (including phenoxy) is 2. The van der Waals surface area contributed by atoms with Crippen molar-refractivity contribution in [2.45, 2.75) is 0 Å². The number of aldehydes is 1. The van der Waals surface area contributed by atoms with E-state index in [1.807, 2.05) is 6.07 Å². The highest BCUT2D eigenvalue weighted by molar-refractivity contribution is 8.26. The molecule has 0 radical (unpaired) electrons. The highest BCUT2D eigenvalue weighted by Crippen LogP contribution is 2.34. The third kappa shape index (κ3) is 5.42. The molecule has 1 aliphatic rings. The Balaban J connectivity index is 0.00000151. The number of carbonyl (C=O) groups is 2. The van der Waals surface area contributed by atoms with Gasteiger partial charge in [0.2, 0.25) is 0 Å². The molecule has 1 aromatic carbocycles. The minimum Gasteiger partial charge on any atom is -0.493 e. The van der Waals surface area contributed by atoms with Gasteiger partial charge in [0.25, 0.3) is 5.91 Å². The molecule has 1 aromatic rings. The molecule has 1 aliphatic heterocycles. The lowest BCUT2D eigenvalue weighted by molar-refractivity contribution is -0.124. The van der Waals surface area contributed by atoms with Gasteiger partial charge in [-0.2, -0.15) is 0 Å². The Morgan fingerprint density at radius 2 is 2.08 bits per heavy atom. The molecule has 134 valence electrons. The van der Waals surface area contributed by atoms with Gasteiger partial charge in [0.1, 0.15) is 17.2 Å². The van der Waals surface area contributed by atoms with E-state index in [9.17, 15) is 9.59 Å². The zero-order chi connectivity index (χ0) is 18.8. The Morgan fingerprint density at radius 3 is 2.68 bits per heavy atom. The van der Waals surface area contributed by atoms with E-state index in [0.717, 1.165) is 12.7 Å². The van der Waals surface area contributed by atoms with Gasteiger partial charge in [-0.05, 0) is 23.8 Å². The monoisotopic (exact) mass is 381 g/mol. The van der Waals surface area contributed by atoms with E-state index in [2.05, 4.69) is 6.58 Å². The zero-order valence-electron chi connectivity index (χ0n) is 13.9. The summed E-state index contributed by atoms with van der Waals surface area (Å²) in [6.07, 6.45) is 4.01. The van der Waals surface area contributed by atoms with Crippen LogP contribution in [0.3, 0.4) is 0 Å². The Hall–Kier alpha value is -2.16. The van der Waals surface area contributed by atoms with Crippen LogP contribution in [0.2, 0.25) is 0 Å². The quantitative estimate of drug-likeness (QED) is 0.336. The summed E-state index contributed by atoms with van der Waals surface area (Å²) in [5.41, 5.74) is 0.777. The number of thioether (sulfide) groups is 1. The van der Waals surface area contributed by atoms with Crippen molar-refractivity contribution >= 4 is 46.6 Å². The molecule has 0 aromatic heterocycles. The molecule has 0 spiro atoms. The van der Waals surface area contributed by atoms with E-state index >= 15 is 0 Å². The minimum absolute atomic E-state index is 0.0281. The Kier molecular flexibility index (Phi) is 8.90. The second kappa shape index (κ2) is 10.7. The maximum Gasteiger partial charge on any atom is 0.266 e. The largest absolute Gasteiger partial charge is 0.493 e. The molecule has 2 rings (SSSR count). The number of aliphatic hydroxyl groups is 1. The molecule has 1 fully saturated rings. The minimum atomic E-state index is -0.266. The number of methoxy groups -OCH3 is 1. The van der Waals surface area contributed by atoms with Gasteiger partial charge in [-0.3, -0.25) is 9.69 Å². The van der Waals surface area contributed by atoms with E-state index in [-0.39, 0.29) is 12.5 Å². The third-order valence-corrected chi connectivity index (χ3v) is 4.35. The van der Waals surface area contributed by atoms with Crippen LogP contribution in [0.5, 0.6) is 11.5 Å². The Morgan fingerprint density at radius 1 is 1.36 bits per heavy atom. The summed E-state index contributed by atoms with van der Waals surface area (Å²) in [6, 6.07) is 5.35. The first-order chi connectivity index (χ1) is 12.1. The van der Waals surface area contributed by atoms with Crippen molar-refractivity contribution in [2.75, 3.05) is 27.4 Å². The van der Waals surface area contributed by atoms with Crippen molar-refractivity contribution in [1.29, 1.82) is 0 Å². The summed E-state index contributed by atoms with van der Waals surface area (Å²) in [4.78, 5) is 24.5. The summed E-state index contributed by atoms with van der Waals surface area (Å²) in [5, 5.41) is 7.00. The van der Waals surface area contributed by atoms with Crippen LogP contribution in [-0.2, 0) is 9.59 Å². The smallest absolute Gasteiger partial charge is 0.266 e. The molecule has 1 N–H and O–H groups in total. The number of thiocarbonyl (C=S) groups is 1. The lowest BCUT2D eigenvalue weighted by Gasteiger charge is -2.10. The SMILES string of the molecule is C=CCOc1ccc(/C=C2\SC(=S)N(CC=O)C2=O)cc1OC.CO. The van der Waals surface area contributed by atoms with Crippen molar-refractivity contribution in [3.8, 4) is 11.5 Å². The second-order valence-electron chi connectivity index (χ2n) is 4.47. The molecule has 0 bridgehead atoms. The van der Waals surface area contributed by atoms with Crippen molar-refractivity contribution in [2.24, 2.45) is 0 Å². The van der Waals surface area contributed by atoms with Gasteiger partial charge in [-0.15, -0.1) is 0 Å². The molecule has 0 aliphatic carbocycles. The van der Waals surface area contributed by atoms with Gasteiger partial charge in [-0.1, -0.05) is 42.7 Å². The van der Waals surface area contributed by atoms with Crippen LogP contribution in [0.4, 0.5) is 0 Å². The maximum absolute atomic E-state index is 12.2. The summed E-state index contributed by atoms with van der Waals surface area (Å²) >= 11 is 6.28. The second-order valence-corrected chi connectivity index (χ2v) is 6.14.